The lowest BCUT2D eigenvalue weighted by Gasteiger charge is -2.13. The summed E-state index contributed by atoms with van der Waals surface area (Å²) < 4.78 is 9.21. The van der Waals surface area contributed by atoms with Gasteiger partial charge in [-0.1, -0.05) is 0 Å². The van der Waals surface area contributed by atoms with Crippen molar-refractivity contribution in [2.45, 2.75) is 25.8 Å². The lowest BCUT2D eigenvalue weighted by Crippen LogP contribution is -2.42. The summed E-state index contributed by atoms with van der Waals surface area (Å²) in [6, 6.07) is -1.11. The smallest absolute Gasteiger partial charge is 0.326 e. The molecular weight excluding hydrogens is 230 g/mol. The molecule has 0 rings (SSSR count). The molecule has 7 nitrogen and oxygen atoms in total. The molecule has 1 atom stereocenters. The Kier molecular flexibility index (Phi) is 7.70. The Bertz CT molecular complexity index is 278. The number of nitrogens with one attached hydrogen (secondary N) is 1. The zero-order valence-electron chi connectivity index (χ0n) is 9.89. The molecule has 0 saturated carbocycles. The van der Waals surface area contributed by atoms with Crippen molar-refractivity contribution < 1.29 is 29.0 Å². The molecule has 0 aromatic rings. The Morgan fingerprint density at radius 1 is 1.35 bits per heavy atom. The third-order valence-electron chi connectivity index (χ3n) is 1.94. The van der Waals surface area contributed by atoms with Gasteiger partial charge in [-0.2, -0.15) is 0 Å². The van der Waals surface area contributed by atoms with Crippen LogP contribution in [-0.2, 0) is 23.9 Å². The van der Waals surface area contributed by atoms with E-state index in [1.54, 1.807) is 6.92 Å². The van der Waals surface area contributed by atoms with Crippen molar-refractivity contribution in [2.24, 2.45) is 0 Å². The zero-order valence-corrected chi connectivity index (χ0v) is 9.89. The van der Waals surface area contributed by atoms with Crippen molar-refractivity contribution >= 4 is 17.8 Å². The van der Waals surface area contributed by atoms with E-state index < -0.39 is 23.9 Å². The summed E-state index contributed by atoms with van der Waals surface area (Å²) in [7, 11) is 1.21. The zero-order chi connectivity index (χ0) is 13.3. The number of carboxylic acid groups (broad SMARTS) is 1. The maximum atomic E-state index is 11.2. The molecule has 0 aliphatic heterocycles. The largest absolute Gasteiger partial charge is 0.480 e. The molecule has 0 fully saturated rings. The van der Waals surface area contributed by atoms with Gasteiger partial charge in [-0.15, -0.1) is 0 Å². The maximum absolute atomic E-state index is 11.2. The summed E-state index contributed by atoms with van der Waals surface area (Å²) in [5.74, 6) is -2.24. The fraction of sp³-hybridized carbons (Fsp3) is 0.700. The van der Waals surface area contributed by atoms with E-state index in [0.717, 1.165) is 0 Å². The second-order valence-electron chi connectivity index (χ2n) is 3.21. The van der Waals surface area contributed by atoms with Crippen LogP contribution in [0.15, 0.2) is 0 Å². The average molecular weight is 247 g/mol. The van der Waals surface area contributed by atoms with E-state index in [0.29, 0.717) is 6.61 Å². The van der Waals surface area contributed by atoms with Crippen LogP contribution in [0.2, 0.25) is 0 Å². The van der Waals surface area contributed by atoms with E-state index in [4.69, 9.17) is 9.84 Å². The fourth-order valence-electron chi connectivity index (χ4n) is 1.05. The van der Waals surface area contributed by atoms with Gasteiger partial charge in [0.2, 0.25) is 5.91 Å². The van der Waals surface area contributed by atoms with Crippen molar-refractivity contribution in [2.75, 3.05) is 20.3 Å². The van der Waals surface area contributed by atoms with Crippen LogP contribution in [0.3, 0.4) is 0 Å². The molecule has 0 aliphatic carbocycles. The van der Waals surface area contributed by atoms with Crippen LogP contribution in [0.5, 0.6) is 0 Å². The molecule has 2 N–H and O–H groups in total. The highest BCUT2D eigenvalue weighted by atomic mass is 16.5. The number of carbonyl (C=O) groups excluding carboxylic acids is 2. The number of carboxylic acids is 1. The molecule has 0 bridgehead atoms. The molecule has 7 heteroatoms. The first kappa shape index (κ1) is 15.4. The number of esters is 1. The number of carbonyl (C=O) groups is 3. The van der Waals surface area contributed by atoms with Gasteiger partial charge in [0.05, 0.1) is 7.11 Å². The Morgan fingerprint density at radius 2 is 2.00 bits per heavy atom. The van der Waals surface area contributed by atoms with Gasteiger partial charge < -0.3 is 19.9 Å². The van der Waals surface area contributed by atoms with Crippen molar-refractivity contribution in [3.8, 4) is 0 Å². The molecule has 0 aliphatic rings. The molecule has 0 saturated heterocycles. The van der Waals surface area contributed by atoms with Crippen LogP contribution in [-0.4, -0.2) is 49.3 Å². The predicted octanol–water partition coefficient (Wildman–Crippen LogP) is -0.454. The average Bonchev–Trinajstić information content (AvgIpc) is 2.30. The molecule has 0 aromatic heterocycles. The molecule has 0 unspecified atom stereocenters. The van der Waals surface area contributed by atoms with E-state index in [-0.39, 0.29) is 19.4 Å². The molecule has 0 spiro atoms. The lowest BCUT2D eigenvalue weighted by molar-refractivity contribution is -0.144. The second-order valence-corrected chi connectivity index (χ2v) is 3.21. The third-order valence-corrected chi connectivity index (χ3v) is 1.94. The van der Waals surface area contributed by atoms with Crippen LogP contribution in [0.25, 0.3) is 0 Å². The van der Waals surface area contributed by atoms with E-state index >= 15 is 0 Å². The first-order valence-electron chi connectivity index (χ1n) is 5.18. The van der Waals surface area contributed by atoms with E-state index in [1.807, 2.05) is 0 Å². The van der Waals surface area contributed by atoms with Gasteiger partial charge >= 0.3 is 11.9 Å². The van der Waals surface area contributed by atoms with Gasteiger partial charge in [-0.05, 0) is 13.3 Å². The number of amides is 1. The molecule has 17 heavy (non-hydrogen) atoms. The Hall–Kier alpha value is -1.63. The first-order chi connectivity index (χ1) is 8.01. The normalized spacial score (nSPS) is 11.6. The monoisotopic (exact) mass is 247 g/mol. The molecule has 0 heterocycles. The number of methoxy groups -OCH3 is 1. The van der Waals surface area contributed by atoms with Gasteiger partial charge in [0.1, 0.15) is 12.6 Å². The highest BCUT2D eigenvalue weighted by Gasteiger charge is 2.20. The first-order valence-corrected chi connectivity index (χ1v) is 5.18. The van der Waals surface area contributed by atoms with Crippen molar-refractivity contribution in [1.29, 1.82) is 0 Å². The molecule has 98 valence electrons. The van der Waals surface area contributed by atoms with Crippen LogP contribution >= 0.6 is 0 Å². The predicted molar refractivity (Wildman–Crippen MR) is 57.3 cm³/mol. The maximum Gasteiger partial charge on any atom is 0.326 e. The van der Waals surface area contributed by atoms with Gasteiger partial charge in [-0.3, -0.25) is 9.59 Å². The summed E-state index contributed by atoms with van der Waals surface area (Å²) in [6.45, 7) is 1.89. The van der Waals surface area contributed by atoms with E-state index in [9.17, 15) is 14.4 Å². The minimum atomic E-state index is -1.20. The summed E-state index contributed by atoms with van der Waals surface area (Å²) >= 11 is 0. The molecule has 0 radical (unpaired) electrons. The number of hydrogen-bond acceptors (Lipinski definition) is 5. The topological polar surface area (TPSA) is 102 Å². The summed E-state index contributed by atoms with van der Waals surface area (Å²) in [6.07, 6.45) is -0.0811. The minimum absolute atomic E-state index is 0.0140. The number of hydrogen-bond donors (Lipinski definition) is 2. The van der Waals surface area contributed by atoms with Crippen LogP contribution in [0.4, 0.5) is 0 Å². The summed E-state index contributed by atoms with van der Waals surface area (Å²) in [5.41, 5.74) is 0. The highest BCUT2D eigenvalue weighted by molar-refractivity contribution is 5.84. The van der Waals surface area contributed by atoms with Crippen molar-refractivity contribution in [3.05, 3.63) is 0 Å². The minimum Gasteiger partial charge on any atom is -0.480 e. The number of aliphatic carboxylic acids is 1. The number of ether oxygens (including phenoxy) is 2. The molecule has 1 amide bonds. The van der Waals surface area contributed by atoms with Gasteiger partial charge in [0, 0.05) is 13.0 Å². The molecular formula is C10H17NO6. The Morgan fingerprint density at radius 3 is 2.47 bits per heavy atom. The lowest BCUT2D eigenvalue weighted by atomic mass is 10.1. The van der Waals surface area contributed by atoms with Crippen molar-refractivity contribution in [1.82, 2.24) is 5.32 Å². The fourth-order valence-corrected chi connectivity index (χ4v) is 1.05. The van der Waals surface area contributed by atoms with Crippen LogP contribution < -0.4 is 5.32 Å². The Labute approximate surface area is 99.1 Å². The highest BCUT2D eigenvalue weighted by Crippen LogP contribution is 1.99. The number of rotatable bonds is 8. The summed E-state index contributed by atoms with van der Waals surface area (Å²) in [4.78, 5) is 32.9. The third kappa shape index (κ3) is 7.29. The van der Waals surface area contributed by atoms with Gasteiger partial charge in [0.15, 0.2) is 0 Å². The standard InChI is InChI=1S/C10H17NO6/c1-3-17-6-8(12)11-7(10(14)15)4-5-9(13)16-2/h7H,3-6H2,1-2H3,(H,11,12)(H,14,15)/t7-/m1/s1. The van der Waals surface area contributed by atoms with Gasteiger partial charge in [-0.25, -0.2) is 4.79 Å². The van der Waals surface area contributed by atoms with Gasteiger partial charge in [0.25, 0.3) is 0 Å². The summed E-state index contributed by atoms with van der Waals surface area (Å²) in [5, 5.41) is 11.1. The second kappa shape index (κ2) is 8.51. The van der Waals surface area contributed by atoms with Crippen LogP contribution in [0.1, 0.15) is 19.8 Å². The Balaban J connectivity index is 4.10. The van der Waals surface area contributed by atoms with Crippen LogP contribution in [0, 0.1) is 0 Å². The van der Waals surface area contributed by atoms with Crippen molar-refractivity contribution in [3.63, 3.8) is 0 Å². The SMILES string of the molecule is CCOCC(=O)N[C@H](CCC(=O)OC)C(=O)O. The molecule has 0 aromatic carbocycles. The quantitative estimate of drug-likeness (QED) is 0.563. The van der Waals surface area contributed by atoms with E-state index in [2.05, 4.69) is 10.1 Å². The van der Waals surface area contributed by atoms with E-state index in [1.165, 1.54) is 7.11 Å².